The van der Waals surface area contributed by atoms with Crippen LogP contribution in [0.5, 0.6) is 0 Å². The fourth-order valence-electron chi connectivity index (χ4n) is 1.89. The van der Waals surface area contributed by atoms with Crippen molar-refractivity contribution in [2.45, 2.75) is 20.4 Å². The van der Waals surface area contributed by atoms with E-state index in [1.807, 2.05) is 10.9 Å². The third kappa shape index (κ3) is 1.89. The van der Waals surface area contributed by atoms with Crippen molar-refractivity contribution >= 4 is 34.2 Å². The molecule has 3 rings (SSSR count). The molecular formula is C12H11ClN4S. The molecule has 0 saturated carbocycles. The third-order valence-corrected chi connectivity index (χ3v) is 4.05. The maximum absolute atomic E-state index is 6.02. The average Bonchev–Trinajstić information content (AvgIpc) is 2.90. The van der Waals surface area contributed by atoms with Gasteiger partial charge >= 0.3 is 0 Å². The Balaban J connectivity index is 2.08. The molecule has 0 atom stereocenters. The maximum Gasteiger partial charge on any atom is 0.139 e. The van der Waals surface area contributed by atoms with Crippen LogP contribution in [-0.2, 0) is 6.54 Å². The smallest absolute Gasteiger partial charge is 0.139 e. The standard InChI is InChI=1S/C12H11ClN4S/c1-7-3-9-11(4-8(7)2)17(6-14-9)5-10-12(13)18-16-15-10/h3-4,6H,5H2,1-2H3. The first-order valence-electron chi connectivity index (χ1n) is 5.54. The molecule has 0 spiro atoms. The summed E-state index contributed by atoms with van der Waals surface area (Å²) in [6.07, 6.45) is 1.82. The van der Waals surface area contributed by atoms with E-state index in [4.69, 9.17) is 11.6 Å². The summed E-state index contributed by atoms with van der Waals surface area (Å²) in [6.45, 7) is 4.80. The Morgan fingerprint density at radius 2 is 2.06 bits per heavy atom. The van der Waals surface area contributed by atoms with E-state index in [-0.39, 0.29) is 0 Å². The van der Waals surface area contributed by atoms with Gasteiger partial charge in [0.15, 0.2) is 0 Å². The number of aryl methyl sites for hydroxylation is 2. The van der Waals surface area contributed by atoms with Crippen LogP contribution in [0.15, 0.2) is 18.5 Å². The quantitative estimate of drug-likeness (QED) is 0.723. The first-order valence-corrected chi connectivity index (χ1v) is 6.69. The van der Waals surface area contributed by atoms with Crippen LogP contribution in [0.2, 0.25) is 4.34 Å². The lowest BCUT2D eigenvalue weighted by atomic mass is 10.1. The van der Waals surface area contributed by atoms with Gasteiger partial charge < -0.3 is 4.57 Å². The van der Waals surface area contributed by atoms with E-state index in [0.29, 0.717) is 10.9 Å². The highest BCUT2D eigenvalue weighted by molar-refractivity contribution is 7.10. The molecule has 1 aromatic carbocycles. The molecule has 0 radical (unpaired) electrons. The molecule has 0 amide bonds. The molecule has 6 heteroatoms. The molecule has 2 heterocycles. The third-order valence-electron chi connectivity index (χ3n) is 3.07. The summed E-state index contributed by atoms with van der Waals surface area (Å²) < 4.78 is 6.53. The SMILES string of the molecule is Cc1cc2ncn(Cc3nnsc3Cl)c2cc1C. The van der Waals surface area contributed by atoms with Gasteiger partial charge in [-0.15, -0.1) is 5.10 Å². The highest BCUT2D eigenvalue weighted by atomic mass is 35.5. The number of fused-ring (bicyclic) bond motifs is 1. The van der Waals surface area contributed by atoms with Gasteiger partial charge in [-0.3, -0.25) is 0 Å². The van der Waals surface area contributed by atoms with E-state index >= 15 is 0 Å². The number of nitrogens with zero attached hydrogens (tertiary/aromatic N) is 4. The van der Waals surface area contributed by atoms with Crippen LogP contribution in [0.25, 0.3) is 11.0 Å². The molecule has 0 aliphatic carbocycles. The molecule has 0 N–H and O–H groups in total. The van der Waals surface area contributed by atoms with E-state index < -0.39 is 0 Å². The molecule has 3 aromatic rings. The molecule has 0 unspecified atom stereocenters. The minimum Gasteiger partial charge on any atom is -0.324 e. The normalized spacial score (nSPS) is 11.3. The predicted octanol–water partition coefficient (Wildman–Crippen LogP) is 3.21. The first kappa shape index (κ1) is 11.6. The zero-order valence-electron chi connectivity index (χ0n) is 10.0. The second kappa shape index (κ2) is 4.33. The summed E-state index contributed by atoms with van der Waals surface area (Å²) in [5.41, 5.74) is 5.40. The van der Waals surface area contributed by atoms with Crippen molar-refractivity contribution in [1.29, 1.82) is 0 Å². The van der Waals surface area contributed by atoms with Crippen molar-refractivity contribution in [1.82, 2.24) is 19.1 Å². The number of aromatic nitrogens is 4. The molecule has 0 bridgehead atoms. The van der Waals surface area contributed by atoms with Crippen molar-refractivity contribution in [3.8, 4) is 0 Å². The van der Waals surface area contributed by atoms with Crippen molar-refractivity contribution in [3.05, 3.63) is 39.6 Å². The Bertz CT molecular complexity index is 716. The predicted molar refractivity (Wildman–Crippen MR) is 73.2 cm³/mol. The molecule has 0 aliphatic heterocycles. The Kier molecular flexibility index (Phi) is 2.80. The van der Waals surface area contributed by atoms with Crippen LogP contribution in [-0.4, -0.2) is 19.1 Å². The van der Waals surface area contributed by atoms with Crippen LogP contribution >= 0.6 is 23.1 Å². The fourth-order valence-corrected chi connectivity index (χ4v) is 2.50. The van der Waals surface area contributed by atoms with Gasteiger partial charge in [0.2, 0.25) is 0 Å². The zero-order valence-corrected chi connectivity index (χ0v) is 11.6. The van der Waals surface area contributed by atoms with E-state index in [1.165, 1.54) is 22.7 Å². The highest BCUT2D eigenvalue weighted by Crippen LogP contribution is 2.22. The summed E-state index contributed by atoms with van der Waals surface area (Å²) >= 11 is 7.23. The summed E-state index contributed by atoms with van der Waals surface area (Å²) in [6, 6.07) is 4.24. The molecule has 0 fully saturated rings. The number of rotatable bonds is 2. The lowest BCUT2D eigenvalue weighted by Crippen LogP contribution is -1.99. The summed E-state index contributed by atoms with van der Waals surface area (Å²) in [7, 11) is 0. The molecule has 92 valence electrons. The monoisotopic (exact) mass is 278 g/mol. The van der Waals surface area contributed by atoms with E-state index in [0.717, 1.165) is 16.7 Å². The lowest BCUT2D eigenvalue weighted by Gasteiger charge is -2.04. The van der Waals surface area contributed by atoms with Crippen molar-refractivity contribution < 1.29 is 0 Å². The first-order chi connectivity index (χ1) is 8.65. The Morgan fingerprint density at radius 1 is 1.28 bits per heavy atom. The fraction of sp³-hybridized carbons (Fsp3) is 0.250. The van der Waals surface area contributed by atoms with Crippen LogP contribution in [0.4, 0.5) is 0 Å². The van der Waals surface area contributed by atoms with Crippen molar-refractivity contribution in [2.75, 3.05) is 0 Å². The Labute approximate surface area is 113 Å². The van der Waals surface area contributed by atoms with E-state index in [1.54, 1.807) is 0 Å². The van der Waals surface area contributed by atoms with Crippen molar-refractivity contribution in [3.63, 3.8) is 0 Å². The summed E-state index contributed by atoms with van der Waals surface area (Å²) in [4.78, 5) is 4.41. The number of halogens is 1. The Hall–Kier alpha value is -1.46. The average molecular weight is 279 g/mol. The molecule has 2 aromatic heterocycles. The minimum absolute atomic E-state index is 0.605. The van der Waals surface area contributed by atoms with Crippen LogP contribution in [0.1, 0.15) is 16.8 Å². The topological polar surface area (TPSA) is 43.6 Å². The number of benzene rings is 1. The molecule has 4 nitrogen and oxygen atoms in total. The second-order valence-corrected chi connectivity index (χ2v) is 5.65. The van der Waals surface area contributed by atoms with E-state index in [2.05, 4.69) is 40.6 Å². The second-order valence-electron chi connectivity index (χ2n) is 4.29. The molecule has 0 aliphatic rings. The molecule has 0 saturated heterocycles. The van der Waals surface area contributed by atoms with Crippen LogP contribution in [0, 0.1) is 13.8 Å². The van der Waals surface area contributed by atoms with E-state index in [9.17, 15) is 0 Å². The van der Waals surface area contributed by atoms with Crippen molar-refractivity contribution in [2.24, 2.45) is 0 Å². The minimum atomic E-state index is 0.605. The number of hydrogen-bond donors (Lipinski definition) is 0. The van der Waals surface area contributed by atoms with Gasteiger partial charge in [-0.05, 0) is 37.1 Å². The highest BCUT2D eigenvalue weighted by Gasteiger charge is 2.09. The maximum atomic E-state index is 6.02. The van der Waals surface area contributed by atoms with Gasteiger partial charge in [0.1, 0.15) is 10.0 Å². The van der Waals surface area contributed by atoms with Gasteiger partial charge in [-0.2, -0.15) is 0 Å². The number of imidazole rings is 1. The molecular weight excluding hydrogens is 268 g/mol. The van der Waals surface area contributed by atoms with Gasteiger partial charge in [-0.1, -0.05) is 16.1 Å². The zero-order chi connectivity index (χ0) is 12.7. The summed E-state index contributed by atoms with van der Waals surface area (Å²) in [5, 5.41) is 4.03. The summed E-state index contributed by atoms with van der Waals surface area (Å²) in [5.74, 6) is 0. The molecule has 18 heavy (non-hydrogen) atoms. The lowest BCUT2D eigenvalue weighted by molar-refractivity contribution is 0.790. The largest absolute Gasteiger partial charge is 0.324 e. The van der Waals surface area contributed by atoms with Gasteiger partial charge in [0, 0.05) is 11.5 Å². The van der Waals surface area contributed by atoms with Gasteiger partial charge in [0.25, 0.3) is 0 Å². The number of hydrogen-bond acceptors (Lipinski definition) is 4. The van der Waals surface area contributed by atoms with Crippen LogP contribution in [0.3, 0.4) is 0 Å². The Morgan fingerprint density at radius 3 is 2.78 bits per heavy atom. The van der Waals surface area contributed by atoms with Gasteiger partial charge in [-0.25, -0.2) is 4.98 Å². The van der Waals surface area contributed by atoms with Gasteiger partial charge in [0.05, 0.1) is 23.9 Å². The van der Waals surface area contributed by atoms with Crippen LogP contribution < -0.4 is 0 Å².